The molecule has 0 aliphatic rings. The fourth-order valence-electron chi connectivity index (χ4n) is 3.77. The second kappa shape index (κ2) is 10.5. The fraction of sp³-hybridized carbons (Fsp3) is 0.231. The minimum absolute atomic E-state index is 0.257. The Labute approximate surface area is 188 Å². The average molecular weight is 429 g/mol. The van der Waals surface area contributed by atoms with E-state index < -0.39 is 0 Å². The number of hydrogen-bond acceptors (Lipinski definition) is 3. The molecule has 164 valence electrons. The number of aryl methyl sites for hydroxylation is 2. The lowest BCUT2D eigenvalue weighted by molar-refractivity contribution is 0.251. The van der Waals surface area contributed by atoms with Crippen LogP contribution in [0.4, 0.5) is 10.5 Å². The highest BCUT2D eigenvalue weighted by Gasteiger charge is 2.12. The minimum atomic E-state index is -0.257. The van der Waals surface area contributed by atoms with Gasteiger partial charge in [0.25, 0.3) is 0 Å². The van der Waals surface area contributed by atoms with Crippen molar-refractivity contribution < 1.29 is 9.53 Å². The van der Waals surface area contributed by atoms with Crippen LogP contribution in [0, 0.1) is 0 Å². The van der Waals surface area contributed by atoms with Crippen molar-refractivity contribution in [2.24, 2.45) is 0 Å². The number of carbonyl (C=O) groups excluding carboxylic acids is 1. The largest absolute Gasteiger partial charge is 0.492 e. The predicted octanol–water partition coefficient (Wildman–Crippen LogP) is 5.04. The van der Waals surface area contributed by atoms with Crippen molar-refractivity contribution in [3.8, 4) is 5.75 Å². The summed E-state index contributed by atoms with van der Waals surface area (Å²) >= 11 is 0. The number of aromatic nitrogens is 2. The Hall–Kier alpha value is -3.80. The smallest absolute Gasteiger partial charge is 0.319 e. The van der Waals surface area contributed by atoms with Gasteiger partial charge < -0.3 is 19.9 Å². The third-order valence-corrected chi connectivity index (χ3v) is 5.27. The number of nitrogens with one attached hydrogen (secondary N) is 2. The van der Waals surface area contributed by atoms with Gasteiger partial charge in [-0.1, -0.05) is 54.6 Å². The van der Waals surface area contributed by atoms with Gasteiger partial charge in [-0.15, -0.1) is 0 Å². The van der Waals surface area contributed by atoms with Gasteiger partial charge in [-0.25, -0.2) is 9.78 Å². The van der Waals surface area contributed by atoms with E-state index >= 15 is 0 Å². The second-order valence-electron chi connectivity index (χ2n) is 7.46. The molecule has 1 aromatic heterocycles. The first-order chi connectivity index (χ1) is 15.7. The maximum Gasteiger partial charge on any atom is 0.319 e. The van der Waals surface area contributed by atoms with Crippen molar-refractivity contribution in [1.29, 1.82) is 0 Å². The first kappa shape index (κ1) is 21.4. The summed E-state index contributed by atoms with van der Waals surface area (Å²) in [6.45, 7) is 3.59. The number of para-hydroxylation sites is 4. The van der Waals surface area contributed by atoms with Gasteiger partial charge in [0, 0.05) is 19.5 Å². The van der Waals surface area contributed by atoms with Gasteiger partial charge in [-0.3, -0.25) is 0 Å². The van der Waals surface area contributed by atoms with Gasteiger partial charge in [-0.2, -0.15) is 0 Å². The molecule has 6 nitrogen and oxygen atoms in total. The van der Waals surface area contributed by atoms with Crippen LogP contribution in [0.5, 0.6) is 5.75 Å². The van der Waals surface area contributed by atoms with Crippen LogP contribution in [-0.2, 0) is 19.4 Å². The molecule has 0 atom stereocenters. The molecule has 1 heterocycles. The van der Waals surface area contributed by atoms with Crippen LogP contribution in [0.25, 0.3) is 11.0 Å². The second-order valence-corrected chi connectivity index (χ2v) is 7.46. The maximum absolute atomic E-state index is 12.5. The van der Waals surface area contributed by atoms with Crippen LogP contribution in [0.2, 0.25) is 0 Å². The number of hydrogen-bond donors (Lipinski definition) is 2. The molecular formula is C26H28N4O2. The number of anilines is 1. The molecule has 32 heavy (non-hydrogen) atoms. The SMILES string of the molecule is CCOc1ccccc1NC(=O)NCCn1c(CCc2ccccc2)nc2ccccc21. The van der Waals surface area contributed by atoms with Crippen molar-refractivity contribution >= 4 is 22.8 Å². The van der Waals surface area contributed by atoms with Crippen LogP contribution in [0.15, 0.2) is 78.9 Å². The Kier molecular flexibility index (Phi) is 7.02. The molecule has 2 amide bonds. The van der Waals surface area contributed by atoms with Gasteiger partial charge in [0.05, 0.1) is 23.3 Å². The van der Waals surface area contributed by atoms with Gasteiger partial charge in [0.2, 0.25) is 0 Å². The molecule has 0 saturated carbocycles. The Balaban J connectivity index is 1.41. The monoisotopic (exact) mass is 428 g/mol. The highest BCUT2D eigenvalue weighted by atomic mass is 16.5. The molecule has 0 radical (unpaired) electrons. The molecule has 0 bridgehead atoms. The molecule has 0 aliphatic carbocycles. The zero-order valence-electron chi connectivity index (χ0n) is 18.3. The molecule has 4 aromatic rings. The summed E-state index contributed by atoms with van der Waals surface area (Å²) in [5.41, 5.74) is 4.00. The first-order valence-electron chi connectivity index (χ1n) is 11.0. The van der Waals surface area contributed by atoms with E-state index in [-0.39, 0.29) is 6.03 Å². The van der Waals surface area contributed by atoms with E-state index in [4.69, 9.17) is 9.72 Å². The summed E-state index contributed by atoms with van der Waals surface area (Å²) in [6.07, 6.45) is 1.76. The Morgan fingerprint density at radius 2 is 1.69 bits per heavy atom. The third kappa shape index (κ3) is 5.27. The van der Waals surface area contributed by atoms with Crippen LogP contribution < -0.4 is 15.4 Å². The Morgan fingerprint density at radius 3 is 2.53 bits per heavy atom. The van der Waals surface area contributed by atoms with Crippen molar-refractivity contribution in [3.05, 3.63) is 90.3 Å². The first-order valence-corrected chi connectivity index (χ1v) is 11.0. The number of carbonyl (C=O) groups is 1. The fourth-order valence-corrected chi connectivity index (χ4v) is 3.77. The lowest BCUT2D eigenvalue weighted by atomic mass is 10.1. The van der Waals surface area contributed by atoms with Crippen LogP contribution in [0.1, 0.15) is 18.3 Å². The topological polar surface area (TPSA) is 68.2 Å². The quantitative estimate of drug-likeness (QED) is 0.392. The molecule has 4 rings (SSSR count). The zero-order valence-corrected chi connectivity index (χ0v) is 18.3. The van der Waals surface area contributed by atoms with Gasteiger partial charge in [0.15, 0.2) is 0 Å². The normalized spacial score (nSPS) is 10.8. The van der Waals surface area contributed by atoms with Gasteiger partial charge in [-0.05, 0) is 43.2 Å². The number of ether oxygens (including phenoxy) is 1. The van der Waals surface area contributed by atoms with E-state index in [9.17, 15) is 4.79 Å². The van der Waals surface area contributed by atoms with Crippen molar-refractivity contribution in [3.63, 3.8) is 0 Å². The number of benzene rings is 3. The van der Waals surface area contributed by atoms with Crippen molar-refractivity contribution in [2.45, 2.75) is 26.3 Å². The highest BCUT2D eigenvalue weighted by Crippen LogP contribution is 2.23. The molecule has 3 aromatic carbocycles. The summed E-state index contributed by atoms with van der Waals surface area (Å²) in [5, 5.41) is 5.82. The number of imidazole rings is 1. The number of urea groups is 1. The molecule has 0 spiro atoms. The lowest BCUT2D eigenvalue weighted by Crippen LogP contribution is -2.32. The van der Waals surface area contributed by atoms with E-state index in [1.165, 1.54) is 5.56 Å². The summed E-state index contributed by atoms with van der Waals surface area (Å²) in [7, 11) is 0. The van der Waals surface area contributed by atoms with Crippen LogP contribution >= 0.6 is 0 Å². The number of rotatable bonds is 9. The Bertz CT molecular complexity index is 1170. The van der Waals surface area contributed by atoms with E-state index in [2.05, 4.69) is 45.5 Å². The molecule has 6 heteroatoms. The van der Waals surface area contributed by atoms with Gasteiger partial charge >= 0.3 is 6.03 Å². The molecule has 2 N–H and O–H groups in total. The summed E-state index contributed by atoms with van der Waals surface area (Å²) in [4.78, 5) is 17.3. The third-order valence-electron chi connectivity index (χ3n) is 5.27. The zero-order chi connectivity index (χ0) is 22.2. The van der Waals surface area contributed by atoms with Crippen molar-refractivity contribution in [1.82, 2.24) is 14.9 Å². The Morgan fingerprint density at radius 1 is 0.938 bits per heavy atom. The number of amides is 2. The van der Waals surface area contributed by atoms with E-state index in [1.54, 1.807) is 0 Å². The molecule has 0 saturated heterocycles. The lowest BCUT2D eigenvalue weighted by Gasteiger charge is -2.13. The van der Waals surface area contributed by atoms with Crippen molar-refractivity contribution in [2.75, 3.05) is 18.5 Å². The van der Waals surface area contributed by atoms with Gasteiger partial charge in [0.1, 0.15) is 11.6 Å². The molecule has 0 unspecified atom stereocenters. The van der Waals surface area contributed by atoms with E-state index in [0.717, 1.165) is 29.7 Å². The number of nitrogens with zero attached hydrogens (tertiary/aromatic N) is 2. The summed E-state index contributed by atoms with van der Waals surface area (Å²) in [5.74, 6) is 1.69. The standard InChI is InChI=1S/C26H28N4O2/c1-2-32-24-15-9-7-13-22(24)29-26(31)27-18-19-30-23-14-8-6-12-21(23)28-25(30)17-16-20-10-4-3-5-11-20/h3-15H,2,16-19H2,1H3,(H2,27,29,31). The van der Waals surface area contributed by atoms with Crippen LogP contribution in [0.3, 0.4) is 0 Å². The maximum atomic E-state index is 12.5. The molecular weight excluding hydrogens is 400 g/mol. The average Bonchev–Trinajstić information content (AvgIpc) is 3.17. The van der Waals surface area contributed by atoms with Crippen LogP contribution in [-0.4, -0.2) is 28.7 Å². The summed E-state index contributed by atoms with van der Waals surface area (Å²) in [6, 6.07) is 25.7. The molecule has 0 aliphatic heterocycles. The number of fused-ring (bicyclic) bond motifs is 1. The minimum Gasteiger partial charge on any atom is -0.492 e. The van der Waals surface area contributed by atoms with E-state index in [1.807, 2.05) is 55.5 Å². The molecule has 0 fully saturated rings. The summed E-state index contributed by atoms with van der Waals surface area (Å²) < 4.78 is 7.77. The van der Waals surface area contributed by atoms with E-state index in [0.29, 0.717) is 31.1 Å². The predicted molar refractivity (Wildman–Crippen MR) is 128 cm³/mol. The highest BCUT2D eigenvalue weighted by molar-refractivity contribution is 5.90.